The Morgan fingerprint density at radius 1 is 1.13 bits per heavy atom. The molecule has 0 aliphatic carbocycles. The Morgan fingerprint density at radius 2 is 1.83 bits per heavy atom. The minimum Gasteiger partial charge on any atom is -0.467 e. The summed E-state index contributed by atoms with van der Waals surface area (Å²) in [5, 5.41) is 6.12. The SMILES string of the molecule is C[NH+](CC(=O)NCc1ccco1)CC(=O)Nc1ccc(Cl)cc1. The predicted octanol–water partition coefficient (Wildman–Crippen LogP) is 0.703. The first kappa shape index (κ1) is 17.1. The molecule has 0 radical (unpaired) electrons. The van der Waals surface area contributed by atoms with E-state index in [0.29, 0.717) is 23.0 Å². The van der Waals surface area contributed by atoms with E-state index in [0.717, 1.165) is 4.90 Å². The summed E-state index contributed by atoms with van der Waals surface area (Å²) in [6.45, 7) is 0.738. The van der Waals surface area contributed by atoms with Crippen LogP contribution in [0.25, 0.3) is 0 Å². The summed E-state index contributed by atoms with van der Waals surface area (Å²) in [5.74, 6) is 0.387. The highest BCUT2D eigenvalue weighted by molar-refractivity contribution is 6.30. The Hall–Kier alpha value is -2.31. The number of halogens is 1. The molecular weight excluding hydrogens is 318 g/mol. The van der Waals surface area contributed by atoms with Crippen molar-refractivity contribution in [2.75, 3.05) is 25.5 Å². The number of carbonyl (C=O) groups is 2. The van der Waals surface area contributed by atoms with Crippen molar-refractivity contribution >= 4 is 29.1 Å². The first-order chi connectivity index (χ1) is 11.0. The molecule has 2 amide bonds. The molecule has 0 spiro atoms. The van der Waals surface area contributed by atoms with Crippen LogP contribution in [0.4, 0.5) is 5.69 Å². The van der Waals surface area contributed by atoms with Gasteiger partial charge in [-0.1, -0.05) is 11.6 Å². The summed E-state index contributed by atoms with van der Waals surface area (Å²) in [6, 6.07) is 10.4. The second kappa shape index (κ2) is 8.36. The molecule has 23 heavy (non-hydrogen) atoms. The molecule has 122 valence electrons. The molecule has 0 saturated carbocycles. The van der Waals surface area contributed by atoms with Gasteiger partial charge in [-0.2, -0.15) is 0 Å². The summed E-state index contributed by atoms with van der Waals surface area (Å²) < 4.78 is 5.13. The summed E-state index contributed by atoms with van der Waals surface area (Å²) in [6.07, 6.45) is 1.56. The van der Waals surface area contributed by atoms with E-state index in [-0.39, 0.29) is 24.9 Å². The van der Waals surface area contributed by atoms with Gasteiger partial charge in [0.15, 0.2) is 13.1 Å². The van der Waals surface area contributed by atoms with Gasteiger partial charge in [0.25, 0.3) is 11.8 Å². The van der Waals surface area contributed by atoms with Gasteiger partial charge in [0, 0.05) is 10.7 Å². The Bertz CT molecular complexity index is 641. The van der Waals surface area contributed by atoms with Gasteiger partial charge in [0.1, 0.15) is 5.76 Å². The van der Waals surface area contributed by atoms with Crippen molar-refractivity contribution in [2.24, 2.45) is 0 Å². The second-order valence-corrected chi connectivity index (χ2v) is 5.66. The molecule has 1 heterocycles. The monoisotopic (exact) mass is 336 g/mol. The summed E-state index contributed by atoms with van der Waals surface area (Å²) in [5.41, 5.74) is 0.675. The van der Waals surface area contributed by atoms with Gasteiger partial charge < -0.3 is 20.0 Å². The summed E-state index contributed by atoms with van der Waals surface area (Å²) >= 11 is 5.79. The number of likely N-dealkylation sites (N-methyl/N-ethyl adjacent to an activating group) is 1. The van der Waals surface area contributed by atoms with Gasteiger partial charge in [-0.3, -0.25) is 9.59 Å². The lowest BCUT2D eigenvalue weighted by atomic mass is 10.3. The van der Waals surface area contributed by atoms with Gasteiger partial charge >= 0.3 is 0 Å². The molecule has 1 aromatic carbocycles. The molecular formula is C16H19ClN3O3+. The molecule has 2 aromatic rings. The van der Waals surface area contributed by atoms with Gasteiger partial charge in [-0.15, -0.1) is 0 Å². The highest BCUT2D eigenvalue weighted by atomic mass is 35.5. The van der Waals surface area contributed by atoms with Crippen LogP contribution in [0.15, 0.2) is 47.1 Å². The maximum atomic E-state index is 11.9. The number of carbonyl (C=O) groups excluding carboxylic acids is 2. The number of furan rings is 1. The molecule has 7 heteroatoms. The third-order valence-corrected chi connectivity index (χ3v) is 3.34. The Balaban J connectivity index is 1.70. The zero-order chi connectivity index (χ0) is 16.7. The third kappa shape index (κ3) is 6.14. The van der Waals surface area contributed by atoms with Crippen molar-refractivity contribution in [3.05, 3.63) is 53.4 Å². The van der Waals surface area contributed by atoms with Crippen LogP contribution in [0.1, 0.15) is 5.76 Å². The minimum absolute atomic E-state index is 0.141. The normalized spacial score (nSPS) is 11.7. The van der Waals surface area contributed by atoms with Crippen LogP contribution in [0, 0.1) is 0 Å². The quantitative estimate of drug-likeness (QED) is 0.697. The average Bonchev–Trinajstić information content (AvgIpc) is 3.00. The maximum Gasteiger partial charge on any atom is 0.279 e. The zero-order valence-corrected chi connectivity index (χ0v) is 13.5. The first-order valence-electron chi connectivity index (χ1n) is 7.19. The van der Waals surface area contributed by atoms with Gasteiger partial charge in [0.2, 0.25) is 0 Å². The summed E-state index contributed by atoms with van der Waals surface area (Å²) in [4.78, 5) is 24.5. The topological polar surface area (TPSA) is 75.8 Å². The van der Waals surface area contributed by atoms with E-state index in [1.54, 1.807) is 49.7 Å². The lowest BCUT2D eigenvalue weighted by Crippen LogP contribution is -3.11. The number of benzene rings is 1. The van der Waals surface area contributed by atoms with Crippen molar-refractivity contribution in [1.82, 2.24) is 5.32 Å². The lowest BCUT2D eigenvalue weighted by Gasteiger charge is -2.13. The molecule has 0 aliphatic rings. The smallest absolute Gasteiger partial charge is 0.279 e. The van der Waals surface area contributed by atoms with Crippen molar-refractivity contribution in [1.29, 1.82) is 0 Å². The van der Waals surface area contributed by atoms with Crippen LogP contribution in [0.5, 0.6) is 0 Å². The molecule has 1 unspecified atom stereocenters. The van der Waals surface area contributed by atoms with E-state index in [2.05, 4.69) is 10.6 Å². The standard InChI is InChI=1S/C16H18ClN3O3/c1-20(10-15(21)18-9-14-3-2-8-23-14)11-16(22)19-13-6-4-12(17)5-7-13/h2-8H,9-11H2,1H3,(H,18,21)(H,19,22)/p+1. The number of rotatable bonds is 7. The number of hydrogen-bond acceptors (Lipinski definition) is 3. The van der Waals surface area contributed by atoms with Crippen molar-refractivity contribution in [3.63, 3.8) is 0 Å². The fourth-order valence-corrected chi connectivity index (χ4v) is 2.14. The highest BCUT2D eigenvalue weighted by Crippen LogP contribution is 2.12. The number of anilines is 1. The fourth-order valence-electron chi connectivity index (χ4n) is 2.01. The van der Waals surface area contributed by atoms with E-state index < -0.39 is 0 Å². The minimum atomic E-state index is -0.163. The Morgan fingerprint density at radius 3 is 2.48 bits per heavy atom. The number of nitrogens with one attached hydrogen (secondary N) is 3. The van der Waals surface area contributed by atoms with E-state index >= 15 is 0 Å². The van der Waals surface area contributed by atoms with Gasteiger partial charge in [-0.05, 0) is 36.4 Å². The molecule has 0 bridgehead atoms. The van der Waals surface area contributed by atoms with Crippen LogP contribution in [0.3, 0.4) is 0 Å². The van der Waals surface area contributed by atoms with Crippen LogP contribution in [-0.2, 0) is 16.1 Å². The maximum absolute atomic E-state index is 11.9. The van der Waals surface area contributed by atoms with E-state index in [9.17, 15) is 9.59 Å². The van der Waals surface area contributed by atoms with Crippen molar-refractivity contribution in [3.8, 4) is 0 Å². The molecule has 0 saturated heterocycles. The molecule has 1 atom stereocenters. The average molecular weight is 337 g/mol. The van der Waals surface area contributed by atoms with E-state index in [1.165, 1.54) is 0 Å². The molecule has 3 N–H and O–H groups in total. The molecule has 0 aliphatic heterocycles. The zero-order valence-electron chi connectivity index (χ0n) is 12.8. The Kier molecular flexibility index (Phi) is 6.19. The van der Waals surface area contributed by atoms with Crippen LogP contribution in [-0.4, -0.2) is 32.0 Å². The predicted molar refractivity (Wildman–Crippen MR) is 87.3 cm³/mol. The van der Waals surface area contributed by atoms with E-state index in [1.807, 2.05) is 0 Å². The largest absolute Gasteiger partial charge is 0.467 e. The van der Waals surface area contributed by atoms with Crippen LogP contribution in [0.2, 0.25) is 5.02 Å². The molecule has 1 aromatic heterocycles. The third-order valence-electron chi connectivity index (χ3n) is 3.09. The van der Waals surface area contributed by atoms with Crippen LogP contribution >= 0.6 is 11.6 Å². The summed E-state index contributed by atoms with van der Waals surface area (Å²) in [7, 11) is 1.79. The molecule has 2 rings (SSSR count). The van der Waals surface area contributed by atoms with Gasteiger partial charge in [-0.25, -0.2) is 0 Å². The van der Waals surface area contributed by atoms with Crippen LogP contribution < -0.4 is 15.5 Å². The number of amides is 2. The second-order valence-electron chi connectivity index (χ2n) is 5.22. The highest BCUT2D eigenvalue weighted by Gasteiger charge is 2.14. The Labute approximate surface area is 139 Å². The fraction of sp³-hybridized carbons (Fsp3) is 0.250. The van der Waals surface area contributed by atoms with Gasteiger partial charge in [0.05, 0.1) is 19.9 Å². The molecule has 0 fully saturated rings. The van der Waals surface area contributed by atoms with Crippen molar-refractivity contribution < 1.29 is 18.9 Å². The van der Waals surface area contributed by atoms with E-state index in [4.69, 9.17) is 16.0 Å². The number of hydrogen-bond donors (Lipinski definition) is 3. The number of quaternary nitrogens is 1. The first-order valence-corrected chi connectivity index (χ1v) is 7.56. The molecule has 6 nitrogen and oxygen atoms in total. The lowest BCUT2D eigenvalue weighted by molar-refractivity contribution is -0.862. The van der Waals surface area contributed by atoms with Crippen molar-refractivity contribution in [2.45, 2.75) is 6.54 Å².